The summed E-state index contributed by atoms with van der Waals surface area (Å²) in [5.41, 5.74) is -1.72. The molecule has 8 unspecified atom stereocenters. The minimum Gasteiger partial charge on any atom is -0.390 e. The molecule has 4 aliphatic rings. The van der Waals surface area contributed by atoms with Gasteiger partial charge in [-0.3, -0.25) is 0 Å². The maximum absolute atomic E-state index is 11.2. The van der Waals surface area contributed by atoms with Crippen LogP contribution in [0.2, 0.25) is 0 Å². The Labute approximate surface area is 118 Å². The Balaban J connectivity index is 1.83. The average Bonchev–Trinajstić information content (AvgIpc) is 2.99. The van der Waals surface area contributed by atoms with Gasteiger partial charge in [0, 0.05) is 12.3 Å². The molecule has 2 heterocycles. The summed E-state index contributed by atoms with van der Waals surface area (Å²) >= 11 is 0. The van der Waals surface area contributed by atoms with Gasteiger partial charge in [-0.25, -0.2) is 0 Å². The monoisotopic (exact) mass is 282 g/mol. The lowest BCUT2D eigenvalue weighted by Gasteiger charge is -2.55. The standard InChI is InChI=1S/C15H22O5/c1-7-5-14(17)15(18,8(2)6-19-14)11-9(7)4-10-13(3,20-10)12(11)16/h7,9-12,16-18H,2,4-6H2,1,3H3. The average molecular weight is 282 g/mol. The normalized spacial score (nSPS) is 64.5. The number of aliphatic hydroxyl groups is 3. The number of hydrogen-bond donors (Lipinski definition) is 3. The molecule has 0 aromatic rings. The molecule has 2 aliphatic heterocycles. The van der Waals surface area contributed by atoms with Crippen molar-refractivity contribution in [2.75, 3.05) is 6.61 Å². The van der Waals surface area contributed by atoms with Crippen LogP contribution in [0.1, 0.15) is 26.7 Å². The van der Waals surface area contributed by atoms with Crippen LogP contribution < -0.4 is 0 Å². The summed E-state index contributed by atoms with van der Waals surface area (Å²) in [6.07, 6.45) is 0.417. The molecule has 0 aromatic carbocycles. The number of ether oxygens (including phenoxy) is 2. The number of fused-ring (bicyclic) bond motifs is 4. The van der Waals surface area contributed by atoms with Crippen molar-refractivity contribution in [3.8, 4) is 0 Å². The Morgan fingerprint density at radius 1 is 1.35 bits per heavy atom. The number of epoxide rings is 1. The van der Waals surface area contributed by atoms with Crippen molar-refractivity contribution in [3.05, 3.63) is 12.2 Å². The predicted molar refractivity (Wildman–Crippen MR) is 69.7 cm³/mol. The summed E-state index contributed by atoms with van der Waals surface area (Å²) in [7, 11) is 0. The van der Waals surface area contributed by atoms with Crippen LogP contribution in [0.25, 0.3) is 0 Å². The van der Waals surface area contributed by atoms with Crippen molar-refractivity contribution in [3.63, 3.8) is 0 Å². The third kappa shape index (κ3) is 1.23. The molecule has 20 heavy (non-hydrogen) atoms. The molecule has 4 rings (SSSR count). The van der Waals surface area contributed by atoms with Crippen LogP contribution in [0.5, 0.6) is 0 Å². The second-order valence-corrected chi connectivity index (χ2v) is 7.28. The molecule has 0 aromatic heterocycles. The molecule has 0 spiro atoms. The van der Waals surface area contributed by atoms with E-state index in [1.807, 2.05) is 13.8 Å². The molecular formula is C15H22O5. The highest BCUT2D eigenvalue weighted by atomic mass is 16.7. The van der Waals surface area contributed by atoms with E-state index >= 15 is 0 Å². The highest BCUT2D eigenvalue weighted by Gasteiger charge is 2.75. The van der Waals surface area contributed by atoms with E-state index in [1.165, 1.54) is 0 Å². The first-order valence-electron chi connectivity index (χ1n) is 7.37. The van der Waals surface area contributed by atoms with Gasteiger partial charge in [0.1, 0.15) is 11.2 Å². The van der Waals surface area contributed by atoms with E-state index in [0.29, 0.717) is 12.0 Å². The molecule has 2 saturated heterocycles. The highest BCUT2D eigenvalue weighted by Crippen LogP contribution is 2.63. The Morgan fingerprint density at radius 3 is 2.75 bits per heavy atom. The first kappa shape index (κ1) is 13.2. The molecule has 8 atom stereocenters. The second-order valence-electron chi connectivity index (χ2n) is 7.28. The number of aliphatic hydroxyl groups excluding tert-OH is 1. The summed E-state index contributed by atoms with van der Waals surface area (Å²) in [4.78, 5) is 0. The summed E-state index contributed by atoms with van der Waals surface area (Å²) in [5, 5.41) is 32.7. The third-order valence-electron chi connectivity index (χ3n) is 6.28. The predicted octanol–water partition coefficient (Wildman–Crippen LogP) is 0.187. The maximum atomic E-state index is 11.2. The fraction of sp³-hybridized carbons (Fsp3) is 0.867. The minimum atomic E-state index is -1.64. The second kappa shape index (κ2) is 3.47. The van der Waals surface area contributed by atoms with Crippen molar-refractivity contribution >= 4 is 0 Å². The van der Waals surface area contributed by atoms with E-state index in [9.17, 15) is 15.3 Å². The topological polar surface area (TPSA) is 82.5 Å². The van der Waals surface area contributed by atoms with Gasteiger partial charge in [0.05, 0.1) is 18.8 Å². The van der Waals surface area contributed by atoms with Crippen LogP contribution in [0.15, 0.2) is 12.2 Å². The zero-order valence-electron chi connectivity index (χ0n) is 11.9. The fourth-order valence-electron chi connectivity index (χ4n) is 4.93. The van der Waals surface area contributed by atoms with E-state index in [2.05, 4.69) is 6.58 Å². The number of hydrogen-bond acceptors (Lipinski definition) is 5. The Bertz CT molecular complexity index is 493. The molecule has 0 bridgehead atoms. The van der Waals surface area contributed by atoms with Crippen LogP contribution in [-0.4, -0.2) is 51.1 Å². The van der Waals surface area contributed by atoms with Crippen LogP contribution in [-0.2, 0) is 9.47 Å². The Hall–Kier alpha value is -0.460. The van der Waals surface area contributed by atoms with E-state index < -0.39 is 29.0 Å². The van der Waals surface area contributed by atoms with E-state index in [0.717, 1.165) is 6.42 Å². The van der Waals surface area contributed by atoms with Gasteiger partial charge < -0.3 is 24.8 Å². The van der Waals surface area contributed by atoms with Gasteiger partial charge >= 0.3 is 0 Å². The van der Waals surface area contributed by atoms with Crippen molar-refractivity contribution < 1.29 is 24.8 Å². The molecular weight excluding hydrogens is 260 g/mol. The maximum Gasteiger partial charge on any atom is 0.199 e. The van der Waals surface area contributed by atoms with Gasteiger partial charge in [-0.1, -0.05) is 13.5 Å². The summed E-state index contributed by atoms with van der Waals surface area (Å²) in [6.45, 7) is 7.93. The highest BCUT2D eigenvalue weighted by molar-refractivity contribution is 5.32. The lowest BCUT2D eigenvalue weighted by molar-refractivity contribution is -0.312. The van der Waals surface area contributed by atoms with Crippen molar-refractivity contribution in [2.24, 2.45) is 17.8 Å². The molecule has 0 amide bonds. The van der Waals surface area contributed by atoms with E-state index in [-0.39, 0.29) is 24.5 Å². The van der Waals surface area contributed by atoms with Crippen molar-refractivity contribution in [1.82, 2.24) is 0 Å². The van der Waals surface area contributed by atoms with Gasteiger partial charge in [0.2, 0.25) is 0 Å². The largest absolute Gasteiger partial charge is 0.390 e. The molecule has 2 aliphatic carbocycles. The van der Waals surface area contributed by atoms with E-state index in [4.69, 9.17) is 9.47 Å². The Morgan fingerprint density at radius 2 is 2.05 bits per heavy atom. The van der Waals surface area contributed by atoms with Gasteiger partial charge in [-0.15, -0.1) is 0 Å². The fourth-order valence-corrected chi connectivity index (χ4v) is 4.93. The third-order valence-corrected chi connectivity index (χ3v) is 6.28. The van der Waals surface area contributed by atoms with Gasteiger partial charge in [0.25, 0.3) is 0 Å². The summed E-state index contributed by atoms with van der Waals surface area (Å²) < 4.78 is 11.1. The van der Waals surface area contributed by atoms with Gasteiger partial charge in [-0.05, 0) is 30.8 Å². The van der Waals surface area contributed by atoms with Gasteiger partial charge in [-0.2, -0.15) is 0 Å². The van der Waals surface area contributed by atoms with Crippen molar-refractivity contribution in [2.45, 2.75) is 55.9 Å². The SMILES string of the molecule is C=C1COC2(O)CC(C)C3CC4OC4(C)C(O)C3C12O. The van der Waals surface area contributed by atoms with Crippen LogP contribution in [0.3, 0.4) is 0 Å². The Kier molecular flexibility index (Phi) is 2.29. The first-order valence-corrected chi connectivity index (χ1v) is 7.37. The molecule has 2 saturated carbocycles. The van der Waals surface area contributed by atoms with E-state index in [1.54, 1.807) is 0 Å². The quantitative estimate of drug-likeness (QED) is 0.436. The van der Waals surface area contributed by atoms with Gasteiger partial charge in [0.15, 0.2) is 5.79 Å². The van der Waals surface area contributed by atoms with Crippen molar-refractivity contribution in [1.29, 1.82) is 0 Å². The molecule has 112 valence electrons. The zero-order chi connectivity index (χ0) is 14.5. The summed E-state index contributed by atoms with van der Waals surface area (Å²) in [6, 6.07) is 0. The molecule has 5 heteroatoms. The minimum absolute atomic E-state index is 0.0616. The molecule has 0 radical (unpaired) electrons. The van der Waals surface area contributed by atoms with Crippen LogP contribution >= 0.6 is 0 Å². The molecule has 5 nitrogen and oxygen atoms in total. The lowest BCUT2D eigenvalue weighted by Crippen LogP contribution is -2.69. The smallest absolute Gasteiger partial charge is 0.199 e. The molecule has 3 N–H and O–H groups in total. The molecule has 4 fully saturated rings. The lowest BCUT2D eigenvalue weighted by atomic mass is 9.53. The zero-order valence-corrected chi connectivity index (χ0v) is 11.9. The van der Waals surface area contributed by atoms with Crippen LogP contribution in [0, 0.1) is 17.8 Å². The first-order chi connectivity index (χ1) is 9.24. The van der Waals surface area contributed by atoms with Crippen LogP contribution in [0.4, 0.5) is 0 Å². The number of rotatable bonds is 0. The summed E-state index contributed by atoms with van der Waals surface area (Å²) in [5.74, 6) is -1.87.